The normalized spacial score (nSPS) is 17.4. The van der Waals surface area contributed by atoms with Crippen molar-refractivity contribution >= 4 is 0 Å². The largest absolute Gasteiger partial charge is 0.314 e. The van der Waals surface area contributed by atoms with Gasteiger partial charge in [0, 0.05) is 6.04 Å². The van der Waals surface area contributed by atoms with Gasteiger partial charge in [-0.3, -0.25) is 0 Å². The van der Waals surface area contributed by atoms with E-state index in [9.17, 15) is 0 Å². The van der Waals surface area contributed by atoms with Crippen LogP contribution in [-0.4, -0.2) is 12.6 Å². The van der Waals surface area contributed by atoms with E-state index in [4.69, 9.17) is 0 Å². The monoisotopic (exact) mass is 217 g/mol. The quantitative estimate of drug-likeness (QED) is 0.795. The summed E-state index contributed by atoms with van der Waals surface area (Å²) in [5, 5.41) is 3.59. The lowest BCUT2D eigenvalue weighted by Crippen LogP contribution is -2.19. The van der Waals surface area contributed by atoms with Crippen LogP contribution in [0.5, 0.6) is 0 Å². The van der Waals surface area contributed by atoms with Gasteiger partial charge in [-0.15, -0.1) is 0 Å². The summed E-state index contributed by atoms with van der Waals surface area (Å²) in [6, 6.07) is 7.74. The first-order valence-electron chi connectivity index (χ1n) is 6.47. The first-order valence-corrected chi connectivity index (χ1v) is 6.47. The van der Waals surface area contributed by atoms with E-state index in [-0.39, 0.29) is 0 Å². The molecule has 0 aromatic heterocycles. The molecular weight excluding hydrogens is 194 g/mol. The second-order valence-corrected chi connectivity index (χ2v) is 5.34. The van der Waals surface area contributed by atoms with Crippen molar-refractivity contribution in [1.29, 1.82) is 0 Å². The molecule has 88 valence electrons. The molecule has 16 heavy (non-hydrogen) atoms. The Kier molecular flexibility index (Phi) is 3.65. The zero-order valence-electron chi connectivity index (χ0n) is 10.7. The topological polar surface area (TPSA) is 12.0 Å². The van der Waals surface area contributed by atoms with Crippen molar-refractivity contribution in [3.8, 4) is 0 Å². The summed E-state index contributed by atoms with van der Waals surface area (Å²) >= 11 is 0. The number of aryl methyl sites for hydroxylation is 2. The molecule has 2 rings (SSSR count). The predicted molar refractivity (Wildman–Crippen MR) is 70.0 cm³/mol. The van der Waals surface area contributed by atoms with Gasteiger partial charge in [0.1, 0.15) is 0 Å². The molecule has 1 unspecified atom stereocenters. The molecule has 1 aromatic carbocycles. The van der Waals surface area contributed by atoms with E-state index < -0.39 is 0 Å². The number of rotatable bonds is 5. The van der Waals surface area contributed by atoms with Crippen molar-refractivity contribution < 1.29 is 0 Å². The van der Waals surface area contributed by atoms with Gasteiger partial charge in [-0.25, -0.2) is 0 Å². The Labute approximate surface area is 99.3 Å². The molecule has 0 saturated heterocycles. The third kappa shape index (κ3) is 3.34. The van der Waals surface area contributed by atoms with Crippen LogP contribution in [0.3, 0.4) is 0 Å². The molecule has 1 nitrogen and oxygen atoms in total. The summed E-state index contributed by atoms with van der Waals surface area (Å²) in [5.74, 6) is 0.671. The smallest absolute Gasteiger partial charge is 0.00682 e. The third-order valence-electron chi connectivity index (χ3n) is 3.40. The van der Waals surface area contributed by atoms with Crippen LogP contribution in [0.4, 0.5) is 0 Å². The highest BCUT2D eigenvalue weighted by molar-refractivity contribution is 5.30. The van der Waals surface area contributed by atoms with Crippen molar-refractivity contribution in [3.05, 3.63) is 34.9 Å². The Hall–Kier alpha value is -0.820. The van der Waals surface area contributed by atoms with Crippen molar-refractivity contribution in [2.24, 2.45) is 0 Å². The maximum atomic E-state index is 3.59. The highest BCUT2D eigenvalue weighted by atomic mass is 14.9. The van der Waals surface area contributed by atoms with Gasteiger partial charge in [0.15, 0.2) is 0 Å². The Morgan fingerprint density at radius 3 is 2.38 bits per heavy atom. The van der Waals surface area contributed by atoms with Crippen LogP contribution in [-0.2, 0) is 0 Å². The van der Waals surface area contributed by atoms with Gasteiger partial charge in [0.2, 0.25) is 0 Å². The molecule has 1 heteroatoms. The van der Waals surface area contributed by atoms with E-state index in [0.29, 0.717) is 5.92 Å². The zero-order valence-corrected chi connectivity index (χ0v) is 10.7. The van der Waals surface area contributed by atoms with Gasteiger partial charge in [-0.2, -0.15) is 0 Å². The van der Waals surface area contributed by atoms with Crippen molar-refractivity contribution in [3.63, 3.8) is 0 Å². The standard InChI is InChI=1S/C15H23N/c1-11-8-12(2)10-14(9-11)13(3)6-7-16-15-4-5-15/h8-10,13,15-16H,4-7H2,1-3H3. The minimum Gasteiger partial charge on any atom is -0.314 e. The van der Waals surface area contributed by atoms with E-state index in [1.165, 1.54) is 42.5 Å². The Balaban J connectivity index is 1.88. The first kappa shape index (κ1) is 11.7. The molecule has 1 fully saturated rings. The van der Waals surface area contributed by atoms with Crippen LogP contribution in [0.1, 0.15) is 48.8 Å². The van der Waals surface area contributed by atoms with Gasteiger partial charge in [0.05, 0.1) is 0 Å². The fourth-order valence-corrected chi connectivity index (χ4v) is 2.25. The fraction of sp³-hybridized carbons (Fsp3) is 0.600. The lowest BCUT2D eigenvalue weighted by atomic mass is 9.94. The third-order valence-corrected chi connectivity index (χ3v) is 3.40. The second kappa shape index (κ2) is 5.01. The van der Waals surface area contributed by atoms with Crippen molar-refractivity contribution in [1.82, 2.24) is 5.32 Å². The fourth-order valence-electron chi connectivity index (χ4n) is 2.25. The van der Waals surface area contributed by atoms with Crippen LogP contribution < -0.4 is 5.32 Å². The highest BCUT2D eigenvalue weighted by Gasteiger charge is 2.20. The number of nitrogens with one attached hydrogen (secondary N) is 1. The van der Waals surface area contributed by atoms with Crippen LogP contribution >= 0.6 is 0 Å². The van der Waals surface area contributed by atoms with E-state index in [1.54, 1.807) is 0 Å². The molecule has 1 aliphatic carbocycles. The van der Waals surface area contributed by atoms with E-state index >= 15 is 0 Å². The summed E-state index contributed by atoms with van der Waals surface area (Å²) in [6.07, 6.45) is 4.02. The molecule has 0 bridgehead atoms. The molecule has 0 amide bonds. The van der Waals surface area contributed by atoms with Crippen molar-refractivity contribution in [2.45, 2.75) is 52.0 Å². The van der Waals surface area contributed by atoms with Gasteiger partial charge in [-0.1, -0.05) is 36.2 Å². The van der Waals surface area contributed by atoms with Gasteiger partial charge < -0.3 is 5.32 Å². The SMILES string of the molecule is Cc1cc(C)cc(C(C)CCNC2CC2)c1. The summed E-state index contributed by atoms with van der Waals surface area (Å²) in [5.41, 5.74) is 4.27. The Morgan fingerprint density at radius 1 is 1.19 bits per heavy atom. The lowest BCUT2D eigenvalue weighted by molar-refractivity contribution is 0.591. The molecule has 0 radical (unpaired) electrons. The van der Waals surface area contributed by atoms with Crippen molar-refractivity contribution in [2.75, 3.05) is 6.54 Å². The summed E-state index contributed by atoms with van der Waals surface area (Å²) in [6.45, 7) is 7.87. The van der Waals surface area contributed by atoms with Crippen LogP contribution in [0, 0.1) is 13.8 Å². The van der Waals surface area contributed by atoms with Gasteiger partial charge >= 0.3 is 0 Å². The molecule has 0 heterocycles. The van der Waals surface area contributed by atoms with E-state index in [2.05, 4.69) is 44.3 Å². The number of hydrogen-bond acceptors (Lipinski definition) is 1. The van der Waals surface area contributed by atoms with Gasteiger partial charge in [-0.05, 0) is 51.1 Å². The molecule has 1 saturated carbocycles. The highest BCUT2D eigenvalue weighted by Crippen LogP contribution is 2.23. The first-order chi connectivity index (χ1) is 7.65. The van der Waals surface area contributed by atoms with E-state index in [0.717, 1.165) is 6.04 Å². The maximum Gasteiger partial charge on any atom is 0.00682 e. The average molecular weight is 217 g/mol. The zero-order chi connectivity index (χ0) is 11.5. The molecule has 1 N–H and O–H groups in total. The van der Waals surface area contributed by atoms with Gasteiger partial charge in [0.25, 0.3) is 0 Å². The molecule has 1 aromatic rings. The Bertz CT molecular complexity index is 332. The number of hydrogen-bond donors (Lipinski definition) is 1. The predicted octanol–water partition coefficient (Wildman–Crippen LogP) is 3.55. The average Bonchev–Trinajstić information content (AvgIpc) is 3.00. The number of benzene rings is 1. The molecule has 1 atom stereocenters. The maximum absolute atomic E-state index is 3.59. The molecular formula is C15H23N. The molecule has 1 aliphatic rings. The second-order valence-electron chi connectivity index (χ2n) is 5.34. The summed E-state index contributed by atoms with van der Waals surface area (Å²) in [4.78, 5) is 0. The van der Waals surface area contributed by atoms with E-state index in [1.807, 2.05) is 0 Å². The minimum atomic E-state index is 0.671. The molecule has 0 spiro atoms. The summed E-state index contributed by atoms with van der Waals surface area (Å²) < 4.78 is 0. The minimum absolute atomic E-state index is 0.671. The van der Waals surface area contributed by atoms with Crippen LogP contribution in [0.2, 0.25) is 0 Å². The summed E-state index contributed by atoms with van der Waals surface area (Å²) in [7, 11) is 0. The van der Waals surface area contributed by atoms with Crippen LogP contribution in [0.25, 0.3) is 0 Å². The lowest BCUT2D eigenvalue weighted by Gasteiger charge is -2.14. The Morgan fingerprint density at radius 2 is 1.81 bits per heavy atom. The van der Waals surface area contributed by atoms with Crippen LogP contribution in [0.15, 0.2) is 18.2 Å². The molecule has 0 aliphatic heterocycles.